The molecular formula is C50H49ClFN7O6S. The Morgan fingerprint density at radius 2 is 1.76 bits per heavy atom. The Morgan fingerprint density at radius 1 is 0.955 bits per heavy atom. The number of carboxylic acids is 1. The number of rotatable bonds is 10. The number of benzene rings is 4. The number of thiophene rings is 1. The van der Waals surface area contributed by atoms with Crippen LogP contribution in [0.1, 0.15) is 41.8 Å². The average molecular weight is 931 g/mol. The molecule has 13 nitrogen and oxygen atoms in total. The zero-order valence-electron chi connectivity index (χ0n) is 35.7. The summed E-state index contributed by atoms with van der Waals surface area (Å²) in [5.74, 6) is -0.0891. The largest absolute Gasteiger partial charge is 0.496 e. The van der Waals surface area contributed by atoms with Gasteiger partial charge in [0, 0.05) is 80.3 Å². The summed E-state index contributed by atoms with van der Waals surface area (Å²) in [5.41, 5.74) is 6.22. The number of carbonyl (C=O) groups excluding carboxylic acids is 1. The maximum absolute atomic E-state index is 14.3. The molecule has 6 heterocycles. The molecular weight excluding hydrogens is 881 g/mol. The molecule has 7 aromatic rings. The van der Waals surface area contributed by atoms with Crippen LogP contribution < -0.4 is 19.5 Å². The third kappa shape index (κ3) is 9.84. The number of nitrogens with one attached hydrogen (secondary N) is 1. The molecule has 3 aromatic heterocycles. The van der Waals surface area contributed by atoms with E-state index in [2.05, 4.69) is 25.2 Å². The number of nitrogens with zero attached hydrogens (tertiary/aromatic N) is 6. The average Bonchev–Trinajstić information content (AvgIpc) is 3.72. The van der Waals surface area contributed by atoms with E-state index in [4.69, 9.17) is 30.8 Å². The van der Waals surface area contributed by atoms with E-state index in [1.165, 1.54) is 29.8 Å². The summed E-state index contributed by atoms with van der Waals surface area (Å²) >= 11 is 8.66. The van der Waals surface area contributed by atoms with Crippen LogP contribution in [0.3, 0.4) is 0 Å². The van der Waals surface area contributed by atoms with Crippen LogP contribution in [0.2, 0.25) is 5.02 Å². The zero-order chi connectivity index (χ0) is 45.0. The van der Waals surface area contributed by atoms with Gasteiger partial charge in [-0.1, -0.05) is 67.6 Å². The second-order valence-electron chi connectivity index (χ2n) is 15.9. The van der Waals surface area contributed by atoms with E-state index in [0.29, 0.717) is 62.3 Å². The van der Waals surface area contributed by atoms with Gasteiger partial charge in [-0.3, -0.25) is 4.79 Å². The number of para-hydroxylation sites is 1. The fourth-order valence-corrected chi connectivity index (χ4v) is 9.71. The van der Waals surface area contributed by atoms with Crippen LogP contribution in [0.25, 0.3) is 43.2 Å². The molecule has 3 aliphatic heterocycles. The smallest absolute Gasteiger partial charge is 0.345 e. The van der Waals surface area contributed by atoms with Gasteiger partial charge in [-0.2, -0.15) is 0 Å². The van der Waals surface area contributed by atoms with Gasteiger partial charge in [0.25, 0.3) is 0 Å². The number of hydrogen-bond donors (Lipinski definition) is 2. The lowest BCUT2D eigenvalue weighted by Crippen LogP contribution is -2.44. The number of ether oxygens (including phenoxy) is 3. The first-order valence-corrected chi connectivity index (χ1v) is 22.4. The van der Waals surface area contributed by atoms with Crippen LogP contribution in [0, 0.1) is 12.7 Å². The molecule has 0 aliphatic carbocycles. The van der Waals surface area contributed by atoms with Crippen molar-refractivity contribution in [3.05, 3.63) is 136 Å². The van der Waals surface area contributed by atoms with E-state index >= 15 is 0 Å². The van der Waals surface area contributed by atoms with Crippen molar-refractivity contribution in [2.75, 3.05) is 39.8 Å². The Kier molecular flexibility index (Phi) is 14.2. The number of aliphatic carboxylic acids is 1. The Morgan fingerprint density at radius 3 is 2.55 bits per heavy atom. The summed E-state index contributed by atoms with van der Waals surface area (Å²) in [6.45, 7) is 6.46. The number of hydrogen-bond acceptors (Lipinski definition) is 12. The molecule has 0 unspecified atom stereocenters. The Bertz CT molecular complexity index is 2890. The van der Waals surface area contributed by atoms with Crippen LogP contribution in [-0.2, 0) is 35.7 Å². The first-order chi connectivity index (χ1) is 31.6. The van der Waals surface area contributed by atoms with Gasteiger partial charge < -0.3 is 34.4 Å². The van der Waals surface area contributed by atoms with E-state index in [1.807, 2.05) is 55.5 Å². The van der Waals surface area contributed by atoms with E-state index in [0.717, 1.165) is 64.4 Å². The number of methoxy groups -OCH3 is 1. The molecule has 4 bridgehead atoms. The molecule has 16 heteroatoms. The zero-order valence-corrected chi connectivity index (χ0v) is 37.3. The van der Waals surface area contributed by atoms with Crippen molar-refractivity contribution in [1.29, 1.82) is 0 Å². The topological polar surface area (TPSA) is 152 Å². The van der Waals surface area contributed by atoms with Crippen molar-refractivity contribution in [3.8, 4) is 50.3 Å². The van der Waals surface area contributed by atoms with Crippen molar-refractivity contribution in [2.45, 2.75) is 53.0 Å². The van der Waals surface area contributed by atoms with Gasteiger partial charge in [-0.15, -0.1) is 11.3 Å². The van der Waals surface area contributed by atoms with Crippen molar-refractivity contribution < 1.29 is 33.3 Å². The number of aromatic nitrogens is 4. The molecule has 10 rings (SSSR count). The first kappa shape index (κ1) is 46.0. The fraction of sp³-hybridized carbons (Fsp3) is 0.280. The van der Waals surface area contributed by atoms with E-state index < -0.39 is 12.1 Å². The van der Waals surface area contributed by atoms with Crippen LogP contribution >= 0.6 is 22.9 Å². The molecule has 1 saturated heterocycles. The fourth-order valence-electron chi connectivity index (χ4n) is 8.33. The highest BCUT2D eigenvalue weighted by molar-refractivity contribution is 7.22. The highest BCUT2D eigenvalue weighted by Crippen LogP contribution is 2.49. The second-order valence-corrected chi connectivity index (χ2v) is 17.3. The van der Waals surface area contributed by atoms with Gasteiger partial charge in [0.05, 0.1) is 23.8 Å². The lowest BCUT2D eigenvalue weighted by Gasteiger charge is -2.29. The second kappa shape index (κ2) is 20.3. The minimum atomic E-state index is -1.44. The lowest BCUT2D eigenvalue weighted by atomic mass is 9.94. The number of fused-ring (bicyclic) bond motifs is 6. The molecule has 1 fully saturated rings. The number of piperazine rings is 1. The monoisotopic (exact) mass is 929 g/mol. The highest BCUT2D eigenvalue weighted by atomic mass is 35.5. The highest BCUT2D eigenvalue weighted by Gasteiger charge is 2.30. The predicted molar refractivity (Wildman–Crippen MR) is 253 cm³/mol. The molecule has 340 valence electrons. The van der Waals surface area contributed by atoms with Crippen molar-refractivity contribution >= 4 is 45.0 Å². The summed E-state index contributed by atoms with van der Waals surface area (Å²) in [6, 6.07) is 24.8. The third-order valence-electron chi connectivity index (χ3n) is 11.7. The first-order valence-electron chi connectivity index (χ1n) is 21.3. The van der Waals surface area contributed by atoms with Gasteiger partial charge in [-0.05, 0) is 76.7 Å². The third-order valence-corrected chi connectivity index (χ3v) is 13.4. The Balaban J connectivity index is 0.00000592. The minimum absolute atomic E-state index is 0. The van der Waals surface area contributed by atoms with Crippen molar-refractivity contribution in [3.63, 3.8) is 0 Å². The van der Waals surface area contributed by atoms with Crippen LogP contribution in [0.4, 0.5) is 4.39 Å². The van der Waals surface area contributed by atoms with Crippen LogP contribution in [0.5, 0.6) is 17.4 Å². The normalized spacial score (nSPS) is 15.2. The molecule has 0 radical (unpaired) electrons. The summed E-state index contributed by atoms with van der Waals surface area (Å²) in [5, 5.41) is 15.2. The van der Waals surface area contributed by atoms with Crippen molar-refractivity contribution in [2.24, 2.45) is 0 Å². The molecule has 2 N–H and O–H groups in total. The van der Waals surface area contributed by atoms with Gasteiger partial charge >= 0.3 is 5.97 Å². The standard InChI is InChI=1S/C49H45ClFN7O6S.CH4/c1-29-36-13-10-32(44(29)50)26-58(41(59)16-20-57-21-18-52-19-22-57)25-30-7-14-38(63-27-35-15-17-53-46(56-35)37-5-3-4-6-39(37)62-2)33(23-30)24-40(49(60)61)64-47-43-42(36)45(65-48(43)55-28-54-47)31-8-11-34(51)12-9-31;/h3-15,17,23,28,40,52H,16,18-22,24-27H2,1-2H3,(H,60,61);1H4/t40-;/m1./s1. The van der Waals surface area contributed by atoms with Crippen LogP contribution in [-0.4, -0.2) is 92.7 Å². The number of carbonyl (C=O) groups is 2. The SMILES string of the molecule is C.COc1ccccc1-c1nccc(COc2ccc3cc2C[C@H](C(=O)O)Oc2ncnc4sc(-c5ccc(F)cc5)c(c24)-c2ccc(c(Cl)c2C)CN(C(=O)CCN2CCNCC2)C3)n1. The molecule has 4 aromatic carbocycles. The summed E-state index contributed by atoms with van der Waals surface area (Å²) in [7, 11) is 1.59. The number of carboxylic acid groups (broad SMARTS) is 1. The number of amides is 1. The molecule has 3 aliphatic rings. The molecule has 66 heavy (non-hydrogen) atoms. The molecule has 0 spiro atoms. The summed E-state index contributed by atoms with van der Waals surface area (Å²) < 4.78 is 32.7. The quantitative estimate of drug-likeness (QED) is 0.135. The van der Waals surface area contributed by atoms with Crippen molar-refractivity contribution in [1.82, 2.24) is 35.1 Å². The Hall–Kier alpha value is -6.52. The van der Waals surface area contributed by atoms with Gasteiger partial charge in [0.2, 0.25) is 17.9 Å². The van der Waals surface area contributed by atoms with E-state index in [1.54, 1.807) is 42.5 Å². The number of halogens is 2. The lowest BCUT2D eigenvalue weighted by molar-refractivity contribution is -0.145. The maximum atomic E-state index is 14.3. The molecule has 1 amide bonds. The van der Waals surface area contributed by atoms with Gasteiger partial charge in [0.1, 0.15) is 35.1 Å². The van der Waals surface area contributed by atoms with Crippen LogP contribution in [0.15, 0.2) is 97.5 Å². The van der Waals surface area contributed by atoms with Gasteiger partial charge in [-0.25, -0.2) is 29.1 Å². The summed E-state index contributed by atoms with van der Waals surface area (Å²) in [4.78, 5) is 51.3. The molecule has 0 saturated carbocycles. The maximum Gasteiger partial charge on any atom is 0.345 e. The Labute approximate surface area is 391 Å². The summed E-state index contributed by atoms with van der Waals surface area (Å²) in [6.07, 6.45) is 1.73. The van der Waals surface area contributed by atoms with E-state index in [-0.39, 0.29) is 51.1 Å². The van der Waals surface area contributed by atoms with Gasteiger partial charge in [0.15, 0.2) is 5.82 Å². The minimum Gasteiger partial charge on any atom is -0.496 e. The predicted octanol–water partition coefficient (Wildman–Crippen LogP) is 9.02. The molecule has 1 atom stereocenters. The van der Waals surface area contributed by atoms with E-state index in [9.17, 15) is 19.1 Å².